The van der Waals surface area contributed by atoms with Gasteiger partial charge in [-0.25, -0.2) is 4.79 Å². The zero-order valence-corrected chi connectivity index (χ0v) is 17.1. The molecule has 1 amide bonds. The lowest BCUT2D eigenvalue weighted by atomic mass is 10.1. The van der Waals surface area contributed by atoms with Gasteiger partial charge in [0.2, 0.25) is 0 Å². The van der Waals surface area contributed by atoms with Crippen molar-refractivity contribution in [3.05, 3.63) is 81.5 Å². The number of rotatable bonds is 4. The summed E-state index contributed by atoms with van der Waals surface area (Å²) in [5.41, 5.74) is 2.05. The molecule has 2 aromatic carbocycles. The van der Waals surface area contributed by atoms with E-state index in [9.17, 15) is 9.59 Å². The Balaban J connectivity index is 1.62. The first-order valence-corrected chi connectivity index (χ1v) is 9.59. The number of benzene rings is 2. The Bertz CT molecular complexity index is 1240. The monoisotopic (exact) mass is 440 g/mol. The van der Waals surface area contributed by atoms with E-state index in [1.807, 2.05) is 0 Å². The largest absolute Gasteiger partial charge is 0.478 e. The first-order chi connectivity index (χ1) is 14.3. The topological polar surface area (TPSA) is 83.1 Å². The van der Waals surface area contributed by atoms with Crippen molar-refractivity contribution < 1.29 is 19.1 Å². The molecule has 30 heavy (non-hydrogen) atoms. The van der Waals surface area contributed by atoms with E-state index in [0.29, 0.717) is 38.5 Å². The molecule has 6 nitrogen and oxygen atoms in total. The molecule has 150 valence electrons. The number of carbonyl (C=O) groups is 2. The molecular weight excluding hydrogens is 427 g/mol. The van der Waals surface area contributed by atoms with Crippen LogP contribution in [0.2, 0.25) is 10.0 Å². The molecule has 0 unspecified atom stereocenters. The van der Waals surface area contributed by atoms with Crippen molar-refractivity contribution in [3.63, 3.8) is 0 Å². The Kier molecular flexibility index (Phi) is 5.20. The zero-order chi connectivity index (χ0) is 21.4. The summed E-state index contributed by atoms with van der Waals surface area (Å²) in [7, 11) is 0. The number of amides is 1. The van der Waals surface area contributed by atoms with Gasteiger partial charge in [0.15, 0.2) is 0 Å². The lowest BCUT2D eigenvalue weighted by molar-refractivity contribution is -0.114. The maximum atomic E-state index is 12.9. The summed E-state index contributed by atoms with van der Waals surface area (Å²) in [5.74, 6) is -0.408. The SMILES string of the molecule is CC1=NN(c2cccc(C(=O)O)c2)C(=O)C1=Cc1ccc(-c2ccc(Cl)c(Cl)c2)o1. The molecule has 1 aromatic heterocycles. The molecule has 2 heterocycles. The highest BCUT2D eigenvalue weighted by molar-refractivity contribution is 6.42. The molecule has 0 atom stereocenters. The maximum absolute atomic E-state index is 12.9. The molecule has 0 saturated heterocycles. The Morgan fingerprint density at radius 1 is 1.10 bits per heavy atom. The summed E-state index contributed by atoms with van der Waals surface area (Å²) in [6.45, 7) is 1.70. The first-order valence-electron chi connectivity index (χ1n) is 8.84. The quantitative estimate of drug-likeness (QED) is 0.522. The van der Waals surface area contributed by atoms with Crippen LogP contribution in [0.15, 0.2) is 69.7 Å². The van der Waals surface area contributed by atoms with E-state index in [2.05, 4.69) is 5.10 Å². The van der Waals surface area contributed by atoms with E-state index < -0.39 is 5.97 Å². The molecule has 1 aliphatic heterocycles. The van der Waals surface area contributed by atoms with Gasteiger partial charge in [-0.1, -0.05) is 29.3 Å². The average Bonchev–Trinajstić information content (AvgIpc) is 3.30. The third kappa shape index (κ3) is 3.75. The summed E-state index contributed by atoms with van der Waals surface area (Å²) < 4.78 is 5.83. The van der Waals surface area contributed by atoms with Crippen molar-refractivity contribution >= 4 is 52.6 Å². The van der Waals surface area contributed by atoms with Gasteiger partial charge in [-0.15, -0.1) is 0 Å². The maximum Gasteiger partial charge on any atom is 0.335 e. The number of halogens is 2. The molecule has 1 N–H and O–H groups in total. The molecule has 0 radical (unpaired) electrons. The van der Waals surface area contributed by atoms with Crippen molar-refractivity contribution in [2.75, 3.05) is 5.01 Å². The van der Waals surface area contributed by atoms with Gasteiger partial charge in [-0.2, -0.15) is 10.1 Å². The fourth-order valence-corrected chi connectivity index (χ4v) is 3.31. The Morgan fingerprint density at radius 2 is 1.90 bits per heavy atom. The fourth-order valence-electron chi connectivity index (χ4n) is 3.01. The number of nitrogens with zero attached hydrogens (tertiary/aromatic N) is 2. The lowest BCUT2D eigenvalue weighted by Crippen LogP contribution is -2.21. The van der Waals surface area contributed by atoms with Crippen molar-refractivity contribution in [3.8, 4) is 11.3 Å². The van der Waals surface area contributed by atoms with Gasteiger partial charge in [0.05, 0.1) is 32.6 Å². The number of hydrogen-bond acceptors (Lipinski definition) is 4. The highest BCUT2D eigenvalue weighted by atomic mass is 35.5. The van der Waals surface area contributed by atoms with E-state index in [1.165, 1.54) is 17.1 Å². The number of anilines is 1. The number of hydrazone groups is 1. The van der Waals surface area contributed by atoms with Crippen molar-refractivity contribution in [2.24, 2.45) is 5.10 Å². The second-order valence-electron chi connectivity index (χ2n) is 6.55. The van der Waals surface area contributed by atoms with Crippen molar-refractivity contribution in [2.45, 2.75) is 6.92 Å². The second-order valence-corrected chi connectivity index (χ2v) is 7.36. The van der Waals surface area contributed by atoms with Crippen LogP contribution in [0, 0.1) is 0 Å². The summed E-state index contributed by atoms with van der Waals surface area (Å²) in [4.78, 5) is 24.1. The van der Waals surface area contributed by atoms with E-state index in [4.69, 9.17) is 32.7 Å². The van der Waals surface area contributed by atoms with Crippen LogP contribution >= 0.6 is 23.2 Å². The molecule has 3 aromatic rings. The average molecular weight is 441 g/mol. The summed E-state index contributed by atoms with van der Waals surface area (Å²) in [5, 5.41) is 15.5. The highest BCUT2D eigenvalue weighted by Gasteiger charge is 2.29. The number of hydrogen-bond donors (Lipinski definition) is 1. The predicted octanol–water partition coefficient (Wildman–Crippen LogP) is 5.76. The number of carboxylic acids is 1. The van der Waals surface area contributed by atoms with Crippen LogP contribution in [0.3, 0.4) is 0 Å². The Hall–Kier alpha value is -3.35. The van der Waals surface area contributed by atoms with Gasteiger partial charge in [-0.3, -0.25) is 4.79 Å². The van der Waals surface area contributed by atoms with Gasteiger partial charge in [0.25, 0.3) is 5.91 Å². The molecule has 4 rings (SSSR count). The van der Waals surface area contributed by atoms with Crippen LogP contribution in [-0.2, 0) is 4.79 Å². The van der Waals surface area contributed by atoms with Gasteiger partial charge in [0, 0.05) is 5.56 Å². The third-order valence-electron chi connectivity index (χ3n) is 4.52. The summed E-state index contributed by atoms with van der Waals surface area (Å²) in [6.07, 6.45) is 1.60. The van der Waals surface area contributed by atoms with Crippen LogP contribution in [0.5, 0.6) is 0 Å². The summed E-state index contributed by atoms with van der Waals surface area (Å²) >= 11 is 12.0. The Morgan fingerprint density at radius 3 is 2.63 bits per heavy atom. The van der Waals surface area contributed by atoms with Crippen LogP contribution in [0.4, 0.5) is 5.69 Å². The smallest absolute Gasteiger partial charge is 0.335 e. The number of aromatic carboxylic acids is 1. The molecule has 0 bridgehead atoms. The normalized spacial score (nSPS) is 15.0. The predicted molar refractivity (Wildman–Crippen MR) is 116 cm³/mol. The second kappa shape index (κ2) is 7.82. The molecule has 0 fully saturated rings. The number of furan rings is 1. The molecule has 1 aliphatic rings. The number of carbonyl (C=O) groups excluding carboxylic acids is 1. The van der Waals surface area contributed by atoms with Crippen LogP contribution < -0.4 is 5.01 Å². The zero-order valence-electron chi connectivity index (χ0n) is 15.6. The highest BCUT2D eigenvalue weighted by Crippen LogP contribution is 2.31. The first kappa shape index (κ1) is 19.9. The van der Waals surface area contributed by atoms with Gasteiger partial charge < -0.3 is 9.52 Å². The number of carboxylic acid groups (broad SMARTS) is 1. The van der Waals surface area contributed by atoms with Crippen molar-refractivity contribution in [1.82, 2.24) is 0 Å². The molecule has 0 saturated carbocycles. The minimum Gasteiger partial charge on any atom is -0.478 e. The van der Waals surface area contributed by atoms with Crippen LogP contribution in [0.1, 0.15) is 23.0 Å². The van der Waals surface area contributed by atoms with Crippen molar-refractivity contribution in [1.29, 1.82) is 0 Å². The van der Waals surface area contributed by atoms with E-state index in [-0.39, 0.29) is 11.5 Å². The lowest BCUT2D eigenvalue weighted by Gasteiger charge is -2.12. The standard InChI is InChI=1S/C22H14Cl2N2O4/c1-12-17(21(27)26(25-12)15-4-2-3-14(9-15)22(28)29)11-16-6-8-20(30-16)13-5-7-18(23)19(24)10-13/h2-11H,1H3,(H,28,29). The van der Waals surface area contributed by atoms with E-state index in [0.717, 1.165) is 5.56 Å². The third-order valence-corrected chi connectivity index (χ3v) is 5.26. The Labute approximate surface area is 181 Å². The van der Waals surface area contributed by atoms with Gasteiger partial charge in [-0.05, 0) is 61.5 Å². The fraction of sp³-hybridized carbons (Fsp3) is 0.0455. The van der Waals surface area contributed by atoms with Crippen LogP contribution in [0.25, 0.3) is 17.4 Å². The molecular formula is C22H14Cl2N2O4. The summed E-state index contributed by atoms with van der Waals surface area (Å²) in [6, 6.07) is 14.7. The van der Waals surface area contributed by atoms with E-state index in [1.54, 1.807) is 55.5 Å². The molecule has 8 heteroatoms. The van der Waals surface area contributed by atoms with E-state index >= 15 is 0 Å². The van der Waals surface area contributed by atoms with Gasteiger partial charge in [0.1, 0.15) is 11.5 Å². The van der Waals surface area contributed by atoms with Gasteiger partial charge >= 0.3 is 5.97 Å². The van der Waals surface area contributed by atoms with Crippen LogP contribution in [-0.4, -0.2) is 22.7 Å². The minimum atomic E-state index is -1.08. The molecule has 0 aliphatic carbocycles. The minimum absolute atomic E-state index is 0.0721. The molecule has 0 spiro atoms.